The molecular formula is C18H22N4OS. The highest BCUT2D eigenvalue weighted by Crippen LogP contribution is 2.24. The molecule has 2 N–H and O–H groups in total. The van der Waals surface area contributed by atoms with Gasteiger partial charge >= 0.3 is 0 Å². The third kappa shape index (κ3) is 3.39. The highest BCUT2D eigenvalue weighted by atomic mass is 32.2. The average Bonchev–Trinajstić information content (AvgIpc) is 3.02. The van der Waals surface area contributed by atoms with Crippen LogP contribution in [0.3, 0.4) is 0 Å². The van der Waals surface area contributed by atoms with Gasteiger partial charge in [-0.15, -0.1) is 0 Å². The summed E-state index contributed by atoms with van der Waals surface area (Å²) in [5.41, 5.74) is 9.85. The van der Waals surface area contributed by atoms with Gasteiger partial charge in [0.2, 0.25) is 0 Å². The molecule has 1 unspecified atom stereocenters. The lowest BCUT2D eigenvalue weighted by Crippen LogP contribution is -2.08. The van der Waals surface area contributed by atoms with Crippen LogP contribution in [0, 0.1) is 13.8 Å². The summed E-state index contributed by atoms with van der Waals surface area (Å²) in [4.78, 5) is 9.63. The normalized spacial score (nSPS) is 12.6. The van der Waals surface area contributed by atoms with Crippen molar-refractivity contribution in [2.45, 2.75) is 38.1 Å². The van der Waals surface area contributed by atoms with Gasteiger partial charge in [0.15, 0.2) is 10.7 Å². The van der Waals surface area contributed by atoms with Crippen LogP contribution in [0.5, 0.6) is 0 Å². The van der Waals surface area contributed by atoms with Crippen molar-refractivity contribution in [3.05, 3.63) is 47.9 Å². The van der Waals surface area contributed by atoms with Crippen molar-refractivity contribution < 1.29 is 4.55 Å². The summed E-state index contributed by atoms with van der Waals surface area (Å²) in [5, 5.41) is 0. The van der Waals surface area contributed by atoms with Crippen molar-refractivity contribution in [1.29, 1.82) is 0 Å². The van der Waals surface area contributed by atoms with Crippen LogP contribution < -0.4 is 5.73 Å². The van der Waals surface area contributed by atoms with E-state index in [1.807, 2.05) is 50.5 Å². The van der Waals surface area contributed by atoms with Gasteiger partial charge in [0.1, 0.15) is 11.3 Å². The predicted octanol–water partition coefficient (Wildman–Crippen LogP) is 3.22. The molecule has 1 atom stereocenters. The van der Waals surface area contributed by atoms with E-state index in [2.05, 4.69) is 14.5 Å². The largest absolute Gasteiger partial charge is 0.611 e. The first-order valence-electron chi connectivity index (χ1n) is 8.09. The van der Waals surface area contributed by atoms with Crippen molar-refractivity contribution in [3.8, 4) is 0 Å². The Morgan fingerprint density at radius 1 is 1.17 bits per heavy atom. The molecule has 2 heterocycles. The van der Waals surface area contributed by atoms with Gasteiger partial charge in [-0.25, -0.2) is 9.97 Å². The molecule has 3 aromatic rings. The molecule has 0 spiro atoms. The third-order valence-electron chi connectivity index (χ3n) is 4.25. The van der Waals surface area contributed by atoms with Gasteiger partial charge in [-0.2, -0.15) is 0 Å². The van der Waals surface area contributed by atoms with Gasteiger partial charge in [0.25, 0.3) is 0 Å². The number of hydrogen-bond donors (Lipinski definition) is 1. The number of unbranched alkanes of at least 4 members (excludes halogenated alkanes) is 1. The maximum Gasteiger partial charge on any atom is 0.152 e. The van der Waals surface area contributed by atoms with Gasteiger partial charge < -0.3 is 14.9 Å². The molecule has 126 valence electrons. The maximum atomic E-state index is 12.2. The molecule has 3 rings (SSSR count). The first-order chi connectivity index (χ1) is 11.6. The van der Waals surface area contributed by atoms with Crippen LogP contribution in [0.2, 0.25) is 0 Å². The average molecular weight is 342 g/mol. The van der Waals surface area contributed by atoms with Crippen LogP contribution in [-0.2, 0) is 17.7 Å². The number of pyridine rings is 1. The zero-order chi connectivity index (χ0) is 17.1. The van der Waals surface area contributed by atoms with Crippen LogP contribution in [0.1, 0.15) is 24.1 Å². The molecule has 0 saturated heterocycles. The lowest BCUT2D eigenvalue weighted by molar-refractivity contribution is 0.584. The van der Waals surface area contributed by atoms with E-state index in [1.54, 1.807) is 0 Å². The van der Waals surface area contributed by atoms with Crippen LogP contribution in [0.25, 0.3) is 11.0 Å². The molecular weight excluding hydrogens is 320 g/mol. The third-order valence-corrected chi connectivity index (χ3v) is 5.71. The number of imidazole rings is 1. The quantitative estimate of drug-likeness (QED) is 0.551. The van der Waals surface area contributed by atoms with E-state index in [4.69, 9.17) is 5.73 Å². The summed E-state index contributed by atoms with van der Waals surface area (Å²) >= 11 is -0.925. The number of nitrogens with zero attached hydrogens (tertiary/aromatic N) is 3. The standard InChI is InChI=1S/C18H22N4OS/c1-13-14(2)21-18(19)16-17(13)22(12-20-16)10-6-7-11-24(23)15-8-4-3-5-9-15/h3-5,8-9,12H,6-7,10-11H2,1-2H3,(H2,19,21). The molecule has 5 nitrogen and oxygen atoms in total. The maximum absolute atomic E-state index is 12.2. The molecule has 0 saturated carbocycles. The lowest BCUT2D eigenvalue weighted by atomic mass is 10.2. The topological polar surface area (TPSA) is 79.8 Å². The van der Waals surface area contributed by atoms with Gasteiger partial charge in [-0.3, -0.25) is 0 Å². The fourth-order valence-electron chi connectivity index (χ4n) is 2.83. The molecule has 0 radical (unpaired) electrons. The van der Waals surface area contributed by atoms with Gasteiger partial charge in [0.05, 0.1) is 11.8 Å². The van der Waals surface area contributed by atoms with Crippen molar-refractivity contribution in [2.24, 2.45) is 0 Å². The van der Waals surface area contributed by atoms with E-state index in [0.29, 0.717) is 11.6 Å². The van der Waals surface area contributed by atoms with Crippen LogP contribution in [0.4, 0.5) is 5.82 Å². The van der Waals surface area contributed by atoms with Gasteiger partial charge in [-0.1, -0.05) is 18.2 Å². The fraction of sp³-hybridized carbons (Fsp3) is 0.333. The van der Waals surface area contributed by atoms with E-state index in [1.165, 1.54) is 0 Å². The Kier molecular flexibility index (Phi) is 5.06. The van der Waals surface area contributed by atoms with Crippen LogP contribution in [-0.4, -0.2) is 24.8 Å². The summed E-state index contributed by atoms with van der Waals surface area (Å²) in [6, 6.07) is 9.63. The smallest absolute Gasteiger partial charge is 0.152 e. The van der Waals surface area contributed by atoms with E-state index >= 15 is 0 Å². The highest BCUT2D eigenvalue weighted by molar-refractivity contribution is 7.91. The first kappa shape index (κ1) is 16.8. The predicted molar refractivity (Wildman–Crippen MR) is 98.4 cm³/mol. The molecule has 2 aromatic heterocycles. The Labute approximate surface area is 145 Å². The summed E-state index contributed by atoms with van der Waals surface area (Å²) in [6.07, 6.45) is 3.67. The number of fused-ring (bicyclic) bond motifs is 1. The lowest BCUT2D eigenvalue weighted by Gasteiger charge is -2.11. The molecule has 0 fully saturated rings. The number of aryl methyl sites for hydroxylation is 3. The zero-order valence-corrected chi connectivity index (χ0v) is 14.8. The number of nitrogens with two attached hydrogens (primary N) is 1. The van der Waals surface area contributed by atoms with Crippen LogP contribution >= 0.6 is 0 Å². The van der Waals surface area contributed by atoms with E-state index in [-0.39, 0.29) is 0 Å². The highest BCUT2D eigenvalue weighted by Gasteiger charge is 2.13. The van der Waals surface area contributed by atoms with Crippen molar-refractivity contribution in [3.63, 3.8) is 0 Å². The number of aromatic nitrogens is 3. The molecule has 24 heavy (non-hydrogen) atoms. The second-order valence-corrected chi connectivity index (χ2v) is 7.48. The van der Waals surface area contributed by atoms with Gasteiger partial charge in [-0.05, 0) is 55.6 Å². The molecule has 0 aliphatic rings. The number of benzene rings is 1. The fourth-order valence-corrected chi connectivity index (χ4v) is 3.99. The van der Waals surface area contributed by atoms with Crippen molar-refractivity contribution in [2.75, 3.05) is 11.5 Å². The minimum atomic E-state index is -0.925. The van der Waals surface area contributed by atoms with Crippen LogP contribution in [0.15, 0.2) is 41.6 Å². The monoisotopic (exact) mass is 342 g/mol. The first-order valence-corrected chi connectivity index (χ1v) is 9.40. The number of hydrogen-bond acceptors (Lipinski definition) is 4. The molecule has 0 aliphatic carbocycles. The Hall–Kier alpha value is -2.05. The summed E-state index contributed by atoms with van der Waals surface area (Å²) in [6.45, 7) is 4.85. The number of nitrogen functional groups attached to an aromatic ring is 1. The molecule has 0 amide bonds. The van der Waals surface area contributed by atoms with E-state index in [9.17, 15) is 4.55 Å². The van der Waals surface area contributed by atoms with Gasteiger partial charge in [0, 0.05) is 12.2 Å². The summed E-state index contributed by atoms with van der Waals surface area (Å²) in [5.74, 6) is 1.16. The summed E-state index contributed by atoms with van der Waals surface area (Å²) < 4.78 is 14.4. The minimum absolute atomic E-state index is 0.483. The molecule has 1 aromatic carbocycles. The van der Waals surface area contributed by atoms with Crippen molar-refractivity contribution >= 4 is 28.0 Å². The van der Waals surface area contributed by atoms with Crippen molar-refractivity contribution in [1.82, 2.24) is 14.5 Å². The summed E-state index contributed by atoms with van der Waals surface area (Å²) in [7, 11) is 0. The van der Waals surface area contributed by atoms with E-state index in [0.717, 1.165) is 46.6 Å². The zero-order valence-electron chi connectivity index (χ0n) is 14.0. The Bertz CT molecular complexity index is 832. The number of anilines is 1. The Morgan fingerprint density at radius 3 is 2.67 bits per heavy atom. The molecule has 0 aliphatic heterocycles. The Morgan fingerprint density at radius 2 is 1.92 bits per heavy atom. The molecule has 0 bridgehead atoms. The second-order valence-electron chi connectivity index (χ2n) is 5.91. The molecule has 6 heteroatoms. The second kappa shape index (κ2) is 7.23. The number of rotatable bonds is 6. The SMILES string of the molecule is Cc1nc(N)c2ncn(CCCC[S+]([O-])c3ccccc3)c2c1C. The Balaban J connectivity index is 1.62. The van der Waals surface area contributed by atoms with E-state index < -0.39 is 11.2 Å². The minimum Gasteiger partial charge on any atom is -0.611 e.